The van der Waals surface area contributed by atoms with Gasteiger partial charge in [0.2, 0.25) is 17.5 Å². The summed E-state index contributed by atoms with van der Waals surface area (Å²) in [5, 5.41) is 9.67. The maximum atomic E-state index is 13.6. The van der Waals surface area contributed by atoms with E-state index in [0.717, 1.165) is 11.8 Å². The first-order valence-corrected chi connectivity index (χ1v) is 9.69. The second kappa shape index (κ2) is 7.48. The van der Waals surface area contributed by atoms with E-state index in [9.17, 15) is 23.1 Å². The number of aromatic nitrogens is 4. The smallest absolute Gasteiger partial charge is 0.292 e. The first-order valence-electron chi connectivity index (χ1n) is 9.69. The van der Waals surface area contributed by atoms with Crippen molar-refractivity contribution in [3.8, 4) is 0 Å². The van der Waals surface area contributed by atoms with Crippen molar-refractivity contribution >= 4 is 17.0 Å². The van der Waals surface area contributed by atoms with Gasteiger partial charge in [-0.2, -0.15) is 0 Å². The van der Waals surface area contributed by atoms with Gasteiger partial charge in [0, 0.05) is 24.7 Å². The summed E-state index contributed by atoms with van der Waals surface area (Å²) in [6.45, 7) is 1.39. The summed E-state index contributed by atoms with van der Waals surface area (Å²) in [5.74, 6) is -2.43. The van der Waals surface area contributed by atoms with Crippen LogP contribution in [-0.4, -0.2) is 42.4 Å². The van der Waals surface area contributed by atoms with E-state index in [0.29, 0.717) is 17.6 Å². The summed E-state index contributed by atoms with van der Waals surface area (Å²) in [5.41, 5.74) is 0.812. The number of rotatable bonds is 4. The van der Waals surface area contributed by atoms with E-state index >= 15 is 0 Å². The number of fused-ring (bicyclic) bond motifs is 2. The summed E-state index contributed by atoms with van der Waals surface area (Å²) in [6.07, 6.45) is -2.57. The molecule has 166 valence electrons. The molecule has 0 saturated carbocycles. The Hall–Kier alpha value is -3.67. The van der Waals surface area contributed by atoms with Crippen LogP contribution < -0.4 is 0 Å². The largest absolute Gasteiger partial charge is 0.438 e. The SMILES string of the molecule is C[C@@H](O)c1nc(C(F)F)c(C(=O)N2CCc3[nH]cnc3[C@H]2c2nc3ccc(F)cc3o2)o1. The molecule has 2 atom stereocenters. The van der Waals surface area contributed by atoms with E-state index in [1.807, 2.05) is 0 Å². The zero-order valence-electron chi connectivity index (χ0n) is 16.6. The number of benzene rings is 1. The third kappa shape index (κ3) is 3.23. The number of nitrogens with zero attached hydrogens (tertiary/aromatic N) is 4. The minimum Gasteiger partial charge on any atom is -0.438 e. The Bertz CT molecular complexity index is 1310. The zero-order chi connectivity index (χ0) is 22.6. The number of oxazole rings is 2. The lowest BCUT2D eigenvalue weighted by Crippen LogP contribution is -2.41. The molecule has 0 bridgehead atoms. The van der Waals surface area contributed by atoms with Crippen LogP contribution in [0.4, 0.5) is 13.2 Å². The summed E-state index contributed by atoms with van der Waals surface area (Å²) in [6, 6.07) is 2.84. The highest BCUT2D eigenvalue weighted by atomic mass is 19.3. The van der Waals surface area contributed by atoms with Crippen LogP contribution >= 0.6 is 0 Å². The number of carbonyl (C=O) groups excluding carboxylic acids is 1. The van der Waals surface area contributed by atoms with Crippen molar-refractivity contribution in [2.75, 3.05) is 6.54 Å². The number of hydrogen-bond donors (Lipinski definition) is 2. The minimum absolute atomic E-state index is 0.0425. The van der Waals surface area contributed by atoms with Crippen molar-refractivity contribution in [3.05, 3.63) is 65.0 Å². The minimum atomic E-state index is -3.10. The molecule has 0 aliphatic carbocycles. The third-order valence-corrected chi connectivity index (χ3v) is 5.22. The Morgan fingerprint density at radius 1 is 1.31 bits per heavy atom. The lowest BCUT2D eigenvalue weighted by molar-refractivity contribution is 0.0612. The van der Waals surface area contributed by atoms with Crippen LogP contribution in [0.2, 0.25) is 0 Å². The van der Waals surface area contributed by atoms with Crippen LogP contribution in [0.5, 0.6) is 0 Å². The third-order valence-electron chi connectivity index (χ3n) is 5.22. The van der Waals surface area contributed by atoms with Crippen molar-refractivity contribution in [2.45, 2.75) is 31.9 Å². The van der Waals surface area contributed by atoms with Crippen LogP contribution in [0.15, 0.2) is 33.4 Å². The molecule has 0 radical (unpaired) electrons. The first kappa shape index (κ1) is 20.2. The highest BCUT2D eigenvalue weighted by Gasteiger charge is 2.41. The Morgan fingerprint density at radius 2 is 2.12 bits per heavy atom. The Kier molecular flexibility index (Phi) is 4.73. The van der Waals surface area contributed by atoms with Gasteiger partial charge < -0.3 is 23.8 Å². The molecule has 1 aromatic carbocycles. The van der Waals surface area contributed by atoms with Crippen molar-refractivity contribution in [1.29, 1.82) is 0 Å². The van der Waals surface area contributed by atoms with E-state index in [4.69, 9.17) is 8.83 Å². The van der Waals surface area contributed by atoms with E-state index in [1.165, 1.54) is 30.3 Å². The second-order valence-electron chi connectivity index (χ2n) is 7.32. The molecule has 4 heterocycles. The molecule has 0 unspecified atom stereocenters. The van der Waals surface area contributed by atoms with Gasteiger partial charge in [-0.3, -0.25) is 4.79 Å². The van der Waals surface area contributed by atoms with E-state index in [1.54, 1.807) is 0 Å². The molecule has 5 rings (SSSR count). The fraction of sp³-hybridized carbons (Fsp3) is 0.300. The summed E-state index contributed by atoms with van der Waals surface area (Å²) < 4.78 is 51.7. The number of nitrogens with one attached hydrogen (secondary N) is 1. The molecule has 1 aliphatic rings. The number of carbonyl (C=O) groups is 1. The number of amides is 1. The van der Waals surface area contributed by atoms with E-state index in [-0.39, 0.29) is 18.0 Å². The van der Waals surface area contributed by atoms with Gasteiger partial charge >= 0.3 is 0 Å². The number of H-pyrrole nitrogens is 1. The van der Waals surface area contributed by atoms with Crippen LogP contribution in [0.1, 0.15) is 64.9 Å². The predicted molar refractivity (Wildman–Crippen MR) is 101 cm³/mol. The lowest BCUT2D eigenvalue weighted by Gasteiger charge is -2.32. The fourth-order valence-electron chi connectivity index (χ4n) is 3.74. The Labute approximate surface area is 177 Å². The molecule has 1 amide bonds. The molecule has 2 N–H and O–H groups in total. The lowest BCUT2D eigenvalue weighted by atomic mass is 10.0. The van der Waals surface area contributed by atoms with Gasteiger partial charge in [0.25, 0.3) is 12.3 Å². The Morgan fingerprint density at radius 3 is 2.88 bits per heavy atom. The maximum absolute atomic E-state index is 13.6. The quantitative estimate of drug-likeness (QED) is 0.491. The molecule has 4 aromatic rings. The van der Waals surface area contributed by atoms with Crippen molar-refractivity contribution in [3.63, 3.8) is 0 Å². The van der Waals surface area contributed by atoms with Crippen LogP contribution in [-0.2, 0) is 6.42 Å². The first-order chi connectivity index (χ1) is 15.3. The number of aliphatic hydroxyl groups excluding tert-OH is 1. The number of halogens is 3. The molecule has 12 heteroatoms. The number of imidazole rings is 1. The summed E-state index contributed by atoms with van der Waals surface area (Å²) in [4.78, 5) is 29.8. The van der Waals surface area contributed by atoms with Crippen molar-refractivity contribution in [2.24, 2.45) is 0 Å². The zero-order valence-corrected chi connectivity index (χ0v) is 16.6. The molecule has 0 spiro atoms. The van der Waals surface area contributed by atoms with Gasteiger partial charge in [0.05, 0.1) is 12.0 Å². The van der Waals surface area contributed by atoms with Gasteiger partial charge in [-0.05, 0) is 19.1 Å². The molecule has 9 nitrogen and oxygen atoms in total. The molecule has 0 saturated heterocycles. The highest BCUT2D eigenvalue weighted by Crippen LogP contribution is 2.37. The molecule has 3 aromatic heterocycles. The van der Waals surface area contributed by atoms with E-state index in [2.05, 4.69) is 19.9 Å². The van der Waals surface area contributed by atoms with Gasteiger partial charge in [-0.15, -0.1) is 0 Å². The van der Waals surface area contributed by atoms with Crippen molar-refractivity contribution < 1.29 is 31.9 Å². The number of aromatic amines is 1. The van der Waals surface area contributed by atoms with Gasteiger partial charge in [0.15, 0.2) is 17.3 Å². The average Bonchev–Trinajstić information content (AvgIpc) is 3.48. The van der Waals surface area contributed by atoms with Gasteiger partial charge in [-0.1, -0.05) is 0 Å². The summed E-state index contributed by atoms with van der Waals surface area (Å²) in [7, 11) is 0. The van der Waals surface area contributed by atoms with Crippen molar-refractivity contribution in [1.82, 2.24) is 24.8 Å². The fourth-order valence-corrected chi connectivity index (χ4v) is 3.74. The van der Waals surface area contributed by atoms with Crippen LogP contribution in [0, 0.1) is 5.82 Å². The monoisotopic (exact) mass is 447 g/mol. The standard InChI is InChI=1S/C20H16F3N5O4/c1-8(29)18-27-14(17(22)23)16(32-18)20(30)28-5-4-11-13(25-7-24-11)15(28)19-26-10-3-2-9(21)6-12(10)31-19/h2-3,6-8,15,17,29H,4-5H2,1H3,(H,24,25)/t8-,15+/m1/s1. The van der Waals surface area contributed by atoms with Gasteiger partial charge in [-0.25, -0.2) is 28.1 Å². The molecular formula is C20H16F3N5O4. The molecule has 1 aliphatic heterocycles. The predicted octanol–water partition coefficient (Wildman–Crippen LogP) is 3.46. The molecule has 32 heavy (non-hydrogen) atoms. The Balaban J connectivity index is 1.62. The topological polar surface area (TPSA) is 121 Å². The van der Waals surface area contributed by atoms with Crippen LogP contribution in [0.25, 0.3) is 11.1 Å². The van der Waals surface area contributed by atoms with Gasteiger partial charge in [0.1, 0.15) is 17.4 Å². The molecular weight excluding hydrogens is 431 g/mol. The maximum Gasteiger partial charge on any atom is 0.292 e. The number of aliphatic hydroxyl groups is 1. The number of alkyl halides is 2. The van der Waals surface area contributed by atoms with Crippen LogP contribution in [0.3, 0.4) is 0 Å². The highest BCUT2D eigenvalue weighted by molar-refractivity contribution is 5.93. The summed E-state index contributed by atoms with van der Waals surface area (Å²) >= 11 is 0. The molecule has 0 fully saturated rings. The van der Waals surface area contributed by atoms with E-state index < -0.39 is 47.6 Å². The average molecular weight is 447 g/mol. The number of hydrogen-bond acceptors (Lipinski definition) is 7. The normalized spacial score (nSPS) is 17.2. The second-order valence-corrected chi connectivity index (χ2v) is 7.32.